The molecule has 0 unspecified atom stereocenters. The standard InChI is InChI=1S/C25H29N5O7S/c1-7-30-24(17-8-9-18(33-3)19(12-17)34-4)28-29-25(30)38-14-22(32)27-26-13-16-10-20(35-5)23(37-15(2)31)21(11-16)36-6/h8-13H,7,14H2,1-6H3,(H,27,32)/b26-13-. The Bertz CT molecular complexity index is 1300. The Hall–Kier alpha value is -4.26. The van der Waals surface area contributed by atoms with Gasteiger partial charge in [0.05, 0.1) is 40.4 Å². The zero-order valence-corrected chi connectivity index (χ0v) is 22.7. The van der Waals surface area contributed by atoms with Gasteiger partial charge >= 0.3 is 5.97 Å². The molecule has 1 amide bonds. The molecule has 0 spiro atoms. The summed E-state index contributed by atoms with van der Waals surface area (Å²) in [4.78, 5) is 23.8. The van der Waals surface area contributed by atoms with E-state index in [1.54, 1.807) is 32.4 Å². The quantitative estimate of drug-likeness (QED) is 0.119. The number of hydrogen-bond donors (Lipinski definition) is 1. The molecule has 13 heteroatoms. The molecule has 1 aromatic heterocycles. The van der Waals surface area contributed by atoms with Crippen molar-refractivity contribution in [2.24, 2.45) is 5.10 Å². The van der Waals surface area contributed by atoms with Crippen molar-refractivity contribution < 1.29 is 33.3 Å². The molecule has 0 bridgehead atoms. The highest BCUT2D eigenvalue weighted by Gasteiger charge is 2.17. The van der Waals surface area contributed by atoms with Crippen LogP contribution >= 0.6 is 11.8 Å². The van der Waals surface area contributed by atoms with Crippen molar-refractivity contribution in [2.45, 2.75) is 25.5 Å². The molecule has 3 rings (SSSR count). The summed E-state index contributed by atoms with van der Waals surface area (Å²) in [6.07, 6.45) is 1.43. The van der Waals surface area contributed by atoms with Crippen molar-refractivity contribution in [3.63, 3.8) is 0 Å². The van der Waals surface area contributed by atoms with Gasteiger partial charge in [0, 0.05) is 24.6 Å². The molecule has 0 fully saturated rings. The summed E-state index contributed by atoms with van der Waals surface area (Å²) in [5.74, 6) is 1.80. The smallest absolute Gasteiger partial charge is 0.308 e. The molecule has 1 N–H and O–H groups in total. The van der Waals surface area contributed by atoms with E-state index in [1.165, 1.54) is 39.1 Å². The topological polar surface area (TPSA) is 135 Å². The van der Waals surface area contributed by atoms with Gasteiger partial charge in [0.2, 0.25) is 5.75 Å². The van der Waals surface area contributed by atoms with Crippen LogP contribution in [-0.2, 0) is 16.1 Å². The van der Waals surface area contributed by atoms with Gasteiger partial charge in [0.25, 0.3) is 5.91 Å². The minimum atomic E-state index is -0.512. The summed E-state index contributed by atoms with van der Waals surface area (Å²) >= 11 is 1.24. The third-order valence-electron chi connectivity index (χ3n) is 5.14. The fourth-order valence-corrected chi connectivity index (χ4v) is 4.22. The molecule has 38 heavy (non-hydrogen) atoms. The number of ether oxygens (including phenoxy) is 5. The van der Waals surface area contributed by atoms with E-state index in [-0.39, 0.29) is 28.9 Å². The first kappa shape index (κ1) is 28.3. The van der Waals surface area contributed by atoms with E-state index in [0.29, 0.717) is 34.6 Å². The zero-order valence-electron chi connectivity index (χ0n) is 21.9. The summed E-state index contributed by atoms with van der Waals surface area (Å²) in [5, 5.41) is 13.1. The predicted octanol–water partition coefficient (Wildman–Crippen LogP) is 3.17. The van der Waals surface area contributed by atoms with Crippen LogP contribution in [0.3, 0.4) is 0 Å². The number of rotatable bonds is 12. The molecule has 0 saturated carbocycles. The highest BCUT2D eigenvalue weighted by molar-refractivity contribution is 7.99. The van der Waals surface area contributed by atoms with Crippen LogP contribution in [0.15, 0.2) is 40.6 Å². The number of carbonyl (C=O) groups excluding carboxylic acids is 2. The minimum absolute atomic E-state index is 0.0689. The number of aromatic nitrogens is 3. The fraction of sp³-hybridized carbons (Fsp3) is 0.320. The molecule has 0 aliphatic rings. The lowest BCUT2D eigenvalue weighted by Gasteiger charge is -2.13. The Labute approximate surface area is 224 Å². The molecular formula is C25H29N5O7S. The van der Waals surface area contributed by atoms with Gasteiger partial charge in [-0.25, -0.2) is 5.43 Å². The van der Waals surface area contributed by atoms with E-state index in [2.05, 4.69) is 20.7 Å². The summed E-state index contributed by atoms with van der Waals surface area (Å²) in [6, 6.07) is 8.70. The van der Waals surface area contributed by atoms with Crippen molar-refractivity contribution in [3.8, 4) is 40.1 Å². The molecule has 1 heterocycles. The third kappa shape index (κ3) is 6.73. The molecule has 0 aliphatic carbocycles. The van der Waals surface area contributed by atoms with Gasteiger partial charge in [0.15, 0.2) is 34.0 Å². The summed E-state index contributed by atoms with van der Waals surface area (Å²) in [7, 11) is 6.02. The van der Waals surface area contributed by atoms with Gasteiger partial charge in [0.1, 0.15) is 0 Å². The number of hydrazone groups is 1. The highest BCUT2D eigenvalue weighted by atomic mass is 32.2. The number of methoxy groups -OCH3 is 4. The van der Waals surface area contributed by atoms with Crippen molar-refractivity contribution in [2.75, 3.05) is 34.2 Å². The molecule has 0 aliphatic heterocycles. The van der Waals surface area contributed by atoms with Crippen LogP contribution in [-0.4, -0.2) is 67.0 Å². The summed E-state index contributed by atoms with van der Waals surface area (Å²) in [5.41, 5.74) is 3.85. The second-order valence-electron chi connectivity index (χ2n) is 7.55. The molecule has 202 valence electrons. The predicted molar refractivity (Wildman–Crippen MR) is 142 cm³/mol. The number of benzene rings is 2. The summed E-state index contributed by atoms with van der Waals surface area (Å²) < 4.78 is 28.3. The Kier molecular flexibility index (Phi) is 9.93. The minimum Gasteiger partial charge on any atom is -0.493 e. The number of nitrogens with zero attached hydrogens (tertiary/aromatic N) is 4. The molecule has 2 aromatic carbocycles. The molecule has 12 nitrogen and oxygen atoms in total. The summed E-state index contributed by atoms with van der Waals surface area (Å²) in [6.45, 7) is 3.85. The van der Waals surface area contributed by atoms with Crippen molar-refractivity contribution in [3.05, 3.63) is 35.9 Å². The van der Waals surface area contributed by atoms with Gasteiger partial charge in [-0.2, -0.15) is 5.10 Å². The Morgan fingerprint density at radius 2 is 1.63 bits per heavy atom. The molecular weight excluding hydrogens is 514 g/mol. The lowest BCUT2D eigenvalue weighted by molar-refractivity contribution is -0.132. The second-order valence-corrected chi connectivity index (χ2v) is 8.49. The first-order chi connectivity index (χ1) is 18.3. The number of thioether (sulfide) groups is 1. The zero-order chi connectivity index (χ0) is 27.7. The van der Waals surface area contributed by atoms with E-state index in [0.717, 1.165) is 5.56 Å². The first-order valence-corrected chi connectivity index (χ1v) is 12.4. The Morgan fingerprint density at radius 1 is 0.974 bits per heavy atom. The van der Waals surface area contributed by atoms with E-state index in [9.17, 15) is 9.59 Å². The van der Waals surface area contributed by atoms with Crippen LogP contribution in [0.2, 0.25) is 0 Å². The van der Waals surface area contributed by atoms with Gasteiger partial charge in [-0.1, -0.05) is 11.8 Å². The Morgan fingerprint density at radius 3 is 2.21 bits per heavy atom. The van der Waals surface area contributed by atoms with Gasteiger partial charge in [-0.3, -0.25) is 9.59 Å². The number of nitrogens with one attached hydrogen (secondary N) is 1. The molecule has 0 saturated heterocycles. The fourth-order valence-electron chi connectivity index (χ4n) is 3.43. The number of carbonyl (C=O) groups is 2. The van der Waals surface area contributed by atoms with Crippen LogP contribution in [0.1, 0.15) is 19.4 Å². The van der Waals surface area contributed by atoms with Crippen molar-refractivity contribution in [1.29, 1.82) is 0 Å². The van der Waals surface area contributed by atoms with Crippen LogP contribution in [0.5, 0.6) is 28.7 Å². The van der Waals surface area contributed by atoms with Gasteiger partial charge in [-0.05, 0) is 37.3 Å². The lowest BCUT2D eigenvalue weighted by Crippen LogP contribution is -2.20. The van der Waals surface area contributed by atoms with E-state index in [4.69, 9.17) is 23.7 Å². The van der Waals surface area contributed by atoms with Gasteiger partial charge < -0.3 is 28.3 Å². The van der Waals surface area contributed by atoms with E-state index < -0.39 is 5.97 Å². The lowest BCUT2D eigenvalue weighted by atomic mass is 10.2. The third-order valence-corrected chi connectivity index (χ3v) is 6.11. The van der Waals surface area contributed by atoms with Crippen LogP contribution in [0.4, 0.5) is 0 Å². The van der Waals surface area contributed by atoms with E-state index >= 15 is 0 Å². The van der Waals surface area contributed by atoms with E-state index in [1.807, 2.05) is 23.6 Å². The molecule has 0 atom stereocenters. The number of amides is 1. The average Bonchev–Trinajstić information content (AvgIpc) is 3.34. The number of esters is 1. The second kappa shape index (κ2) is 13.3. The molecule has 3 aromatic rings. The van der Waals surface area contributed by atoms with Crippen LogP contribution in [0.25, 0.3) is 11.4 Å². The highest BCUT2D eigenvalue weighted by Crippen LogP contribution is 2.38. The average molecular weight is 544 g/mol. The largest absolute Gasteiger partial charge is 0.493 e. The maximum atomic E-state index is 12.4. The van der Waals surface area contributed by atoms with Crippen LogP contribution < -0.4 is 29.1 Å². The van der Waals surface area contributed by atoms with Crippen molar-refractivity contribution in [1.82, 2.24) is 20.2 Å². The number of hydrogen-bond acceptors (Lipinski definition) is 11. The Balaban J connectivity index is 1.66. The SMILES string of the molecule is CCn1c(SCC(=O)N/N=C\c2cc(OC)c(OC(C)=O)c(OC)c2)nnc1-c1ccc(OC)c(OC)c1. The van der Waals surface area contributed by atoms with Crippen LogP contribution in [0, 0.1) is 0 Å². The van der Waals surface area contributed by atoms with Gasteiger partial charge in [-0.15, -0.1) is 10.2 Å². The normalized spacial score (nSPS) is 10.8. The maximum Gasteiger partial charge on any atom is 0.308 e. The monoisotopic (exact) mass is 543 g/mol. The first-order valence-electron chi connectivity index (χ1n) is 11.4. The van der Waals surface area contributed by atoms with Crippen molar-refractivity contribution >= 4 is 29.9 Å². The molecule has 0 radical (unpaired) electrons. The maximum absolute atomic E-state index is 12.4.